The molecule has 0 aromatic heterocycles. The van der Waals surface area contributed by atoms with E-state index in [1.54, 1.807) is 0 Å². The van der Waals surface area contributed by atoms with E-state index in [4.69, 9.17) is 0 Å². The molecule has 1 saturated heterocycles. The van der Waals surface area contributed by atoms with Crippen molar-refractivity contribution in [1.82, 2.24) is 10.2 Å². The third-order valence-electron chi connectivity index (χ3n) is 3.22. The molecule has 1 atom stereocenters. The molecule has 1 heterocycles. The van der Waals surface area contributed by atoms with Gasteiger partial charge < -0.3 is 10.2 Å². The standard InChI is InChI=1S/C13H20N2/c1-15-9-5-8-13(15)11-14-10-12-6-3-2-4-7-12/h2-4,6-7,13-14H,5,8-11H2,1H3. The van der Waals surface area contributed by atoms with Gasteiger partial charge >= 0.3 is 0 Å². The topological polar surface area (TPSA) is 15.3 Å². The van der Waals surface area contributed by atoms with Crippen molar-refractivity contribution in [3.8, 4) is 0 Å². The zero-order valence-electron chi connectivity index (χ0n) is 9.45. The van der Waals surface area contributed by atoms with E-state index in [1.807, 2.05) is 0 Å². The first-order chi connectivity index (χ1) is 7.36. The lowest BCUT2D eigenvalue weighted by Gasteiger charge is -2.19. The van der Waals surface area contributed by atoms with Crippen LogP contribution in [0.15, 0.2) is 30.3 Å². The molecule has 1 fully saturated rings. The second-order valence-corrected chi connectivity index (χ2v) is 4.39. The van der Waals surface area contributed by atoms with Crippen molar-refractivity contribution in [1.29, 1.82) is 0 Å². The predicted molar refractivity (Wildman–Crippen MR) is 63.8 cm³/mol. The maximum atomic E-state index is 3.53. The van der Waals surface area contributed by atoms with E-state index in [2.05, 4.69) is 47.6 Å². The molecule has 1 aromatic rings. The molecular formula is C13H20N2. The molecule has 0 amide bonds. The van der Waals surface area contributed by atoms with Gasteiger partial charge in [0.05, 0.1) is 0 Å². The first-order valence-electron chi connectivity index (χ1n) is 5.81. The summed E-state index contributed by atoms with van der Waals surface area (Å²) in [5.74, 6) is 0. The molecule has 15 heavy (non-hydrogen) atoms. The fraction of sp³-hybridized carbons (Fsp3) is 0.538. The molecule has 1 aliphatic heterocycles. The van der Waals surface area contributed by atoms with Crippen molar-refractivity contribution < 1.29 is 0 Å². The van der Waals surface area contributed by atoms with Crippen LogP contribution in [0.2, 0.25) is 0 Å². The van der Waals surface area contributed by atoms with Crippen LogP contribution < -0.4 is 5.32 Å². The van der Waals surface area contributed by atoms with Gasteiger partial charge in [0.1, 0.15) is 0 Å². The Balaban J connectivity index is 1.71. The predicted octanol–water partition coefficient (Wildman–Crippen LogP) is 1.87. The van der Waals surface area contributed by atoms with Gasteiger partial charge in [0.15, 0.2) is 0 Å². The van der Waals surface area contributed by atoms with Crippen molar-refractivity contribution in [2.24, 2.45) is 0 Å². The van der Waals surface area contributed by atoms with Crippen LogP contribution in [0.5, 0.6) is 0 Å². The van der Waals surface area contributed by atoms with Gasteiger partial charge in [-0.1, -0.05) is 30.3 Å². The minimum Gasteiger partial charge on any atom is -0.311 e. The Labute approximate surface area is 92.3 Å². The maximum absolute atomic E-state index is 3.53. The van der Waals surface area contributed by atoms with Crippen LogP contribution >= 0.6 is 0 Å². The van der Waals surface area contributed by atoms with Gasteiger partial charge in [-0.2, -0.15) is 0 Å². The largest absolute Gasteiger partial charge is 0.311 e. The zero-order valence-corrected chi connectivity index (χ0v) is 9.45. The molecule has 1 aromatic carbocycles. The highest BCUT2D eigenvalue weighted by molar-refractivity contribution is 5.14. The molecule has 0 spiro atoms. The Bertz CT molecular complexity index is 284. The molecule has 2 rings (SSSR count). The fourth-order valence-corrected chi connectivity index (χ4v) is 2.22. The second-order valence-electron chi connectivity index (χ2n) is 4.39. The van der Waals surface area contributed by atoms with Crippen LogP contribution in [0.1, 0.15) is 18.4 Å². The molecule has 0 bridgehead atoms. The molecule has 1 aliphatic rings. The Morgan fingerprint density at radius 2 is 2.13 bits per heavy atom. The zero-order chi connectivity index (χ0) is 10.5. The summed E-state index contributed by atoms with van der Waals surface area (Å²) in [4.78, 5) is 2.46. The third-order valence-corrected chi connectivity index (χ3v) is 3.22. The lowest BCUT2D eigenvalue weighted by Crippen LogP contribution is -2.35. The molecule has 1 unspecified atom stereocenters. The second kappa shape index (κ2) is 5.29. The van der Waals surface area contributed by atoms with Crippen molar-refractivity contribution in [2.45, 2.75) is 25.4 Å². The van der Waals surface area contributed by atoms with E-state index in [0.717, 1.165) is 19.1 Å². The minimum atomic E-state index is 0.744. The Hall–Kier alpha value is -0.860. The average Bonchev–Trinajstić information content (AvgIpc) is 2.66. The summed E-state index contributed by atoms with van der Waals surface area (Å²) in [6.07, 6.45) is 2.70. The van der Waals surface area contributed by atoms with Crippen LogP contribution in [0, 0.1) is 0 Å². The Kier molecular flexibility index (Phi) is 3.75. The van der Waals surface area contributed by atoms with Gasteiger partial charge in [0.25, 0.3) is 0 Å². The van der Waals surface area contributed by atoms with Gasteiger partial charge in [-0.15, -0.1) is 0 Å². The molecular weight excluding hydrogens is 184 g/mol. The van der Waals surface area contributed by atoms with Crippen molar-refractivity contribution >= 4 is 0 Å². The number of hydrogen-bond acceptors (Lipinski definition) is 2. The number of likely N-dealkylation sites (tertiary alicyclic amines) is 1. The van der Waals surface area contributed by atoms with Gasteiger partial charge in [0.2, 0.25) is 0 Å². The summed E-state index contributed by atoms with van der Waals surface area (Å²) >= 11 is 0. The van der Waals surface area contributed by atoms with Gasteiger partial charge in [0, 0.05) is 19.1 Å². The van der Waals surface area contributed by atoms with Crippen LogP contribution in [0.25, 0.3) is 0 Å². The summed E-state index contributed by atoms with van der Waals surface area (Å²) in [5, 5.41) is 3.53. The highest BCUT2D eigenvalue weighted by atomic mass is 15.2. The summed E-state index contributed by atoms with van der Waals surface area (Å²) < 4.78 is 0. The summed E-state index contributed by atoms with van der Waals surface area (Å²) in [6.45, 7) is 3.37. The molecule has 0 saturated carbocycles. The minimum absolute atomic E-state index is 0.744. The van der Waals surface area contributed by atoms with Gasteiger partial charge in [-0.25, -0.2) is 0 Å². The lowest BCUT2D eigenvalue weighted by molar-refractivity contribution is 0.300. The van der Waals surface area contributed by atoms with Crippen LogP contribution in [-0.4, -0.2) is 31.1 Å². The molecule has 0 aliphatic carbocycles. The smallest absolute Gasteiger partial charge is 0.0218 e. The van der Waals surface area contributed by atoms with Crippen molar-refractivity contribution in [2.75, 3.05) is 20.1 Å². The third kappa shape index (κ3) is 3.05. The average molecular weight is 204 g/mol. The maximum Gasteiger partial charge on any atom is 0.0218 e. The van der Waals surface area contributed by atoms with Gasteiger partial charge in [-0.05, 0) is 32.0 Å². The Morgan fingerprint density at radius 3 is 2.80 bits per heavy atom. The highest BCUT2D eigenvalue weighted by Gasteiger charge is 2.19. The van der Waals surface area contributed by atoms with E-state index in [-0.39, 0.29) is 0 Å². The SMILES string of the molecule is CN1CCCC1CNCc1ccccc1. The van der Waals surface area contributed by atoms with Crippen LogP contribution in [0.3, 0.4) is 0 Å². The van der Waals surface area contributed by atoms with E-state index in [0.29, 0.717) is 0 Å². The lowest BCUT2D eigenvalue weighted by atomic mass is 10.2. The summed E-state index contributed by atoms with van der Waals surface area (Å²) in [6, 6.07) is 11.3. The number of rotatable bonds is 4. The van der Waals surface area contributed by atoms with E-state index in [9.17, 15) is 0 Å². The Morgan fingerprint density at radius 1 is 1.33 bits per heavy atom. The summed E-state index contributed by atoms with van der Waals surface area (Å²) in [5.41, 5.74) is 1.37. The summed E-state index contributed by atoms with van der Waals surface area (Å²) in [7, 11) is 2.22. The van der Waals surface area contributed by atoms with Crippen molar-refractivity contribution in [3.05, 3.63) is 35.9 Å². The van der Waals surface area contributed by atoms with Crippen LogP contribution in [0.4, 0.5) is 0 Å². The fourth-order valence-electron chi connectivity index (χ4n) is 2.22. The molecule has 82 valence electrons. The highest BCUT2D eigenvalue weighted by Crippen LogP contribution is 2.13. The monoisotopic (exact) mass is 204 g/mol. The normalized spacial score (nSPS) is 22.1. The number of nitrogens with zero attached hydrogens (tertiary/aromatic N) is 1. The number of likely N-dealkylation sites (N-methyl/N-ethyl adjacent to an activating group) is 1. The van der Waals surface area contributed by atoms with Crippen LogP contribution in [-0.2, 0) is 6.54 Å². The number of hydrogen-bond donors (Lipinski definition) is 1. The van der Waals surface area contributed by atoms with E-state index < -0.39 is 0 Å². The quantitative estimate of drug-likeness (QED) is 0.805. The molecule has 1 N–H and O–H groups in total. The van der Waals surface area contributed by atoms with E-state index >= 15 is 0 Å². The van der Waals surface area contributed by atoms with Gasteiger partial charge in [-0.3, -0.25) is 0 Å². The molecule has 2 nitrogen and oxygen atoms in total. The number of nitrogens with one attached hydrogen (secondary N) is 1. The number of benzene rings is 1. The molecule has 0 radical (unpaired) electrons. The van der Waals surface area contributed by atoms with Crippen molar-refractivity contribution in [3.63, 3.8) is 0 Å². The molecule has 2 heteroatoms. The first-order valence-corrected chi connectivity index (χ1v) is 5.81. The first kappa shape index (κ1) is 10.7. The van der Waals surface area contributed by atoms with E-state index in [1.165, 1.54) is 24.9 Å².